The average Bonchev–Trinajstić information content (AvgIpc) is 2.74. The quantitative estimate of drug-likeness (QED) is 0.699. The number of nitrogens with one attached hydrogen (secondary N) is 1. The van der Waals surface area contributed by atoms with Gasteiger partial charge in [0, 0.05) is 25.0 Å². The molecule has 0 aromatic rings. The topological polar surface area (TPSA) is 32.3 Å². The first-order valence-electron chi connectivity index (χ1n) is 6.29. The van der Waals surface area contributed by atoms with Crippen molar-refractivity contribution >= 4 is 5.91 Å². The first-order valence-corrected chi connectivity index (χ1v) is 6.29. The first kappa shape index (κ1) is 13.2. The Hall–Kier alpha value is -0.830. The van der Waals surface area contributed by atoms with E-state index < -0.39 is 0 Å². The number of hydrogen-bond acceptors (Lipinski definition) is 2. The molecule has 1 unspecified atom stereocenters. The fraction of sp³-hybridized carbons (Fsp3) is 0.769. The molecule has 0 spiro atoms. The van der Waals surface area contributed by atoms with Crippen LogP contribution in [0.3, 0.4) is 0 Å². The molecule has 16 heavy (non-hydrogen) atoms. The van der Waals surface area contributed by atoms with Gasteiger partial charge in [0.25, 0.3) is 0 Å². The maximum Gasteiger partial charge on any atom is 0.223 e. The molecule has 1 rings (SSSR count). The highest BCUT2D eigenvalue weighted by atomic mass is 16.2. The van der Waals surface area contributed by atoms with Crippen molar-refractivity contribution in [3.05, 3.63) is 12.7 Å². The molecule has 1 amide bonds. The van der Waals surface area contributed by atoms with Crippen molar-refractivity contribution in [3.63, 3.8) is 0 Å². The molecule has 1 heterocycles. The van der Waals surface area contributed by atoms with Crippen LogP contribution >= 0.6 is 0 Å². The lowest BCUT2D eigenvalue weighted by atomic mass is 10.1. The Labute approximate surface area is 98.9 Å². The van der Waals surface area contributed by atoms with Gasteiger partial charge >= 0.3 is 0 Å². The Morgan fingerprint density at radius 1 is 1.62 bits per heavy atom. The molecule has 0 radical (unpaired) electrons. The predicted octanol–water partition coefficient (Wildman–Crippen LogP) is 1.94. The average molecular weight is 224 g/mol. The van der Waals surface area contributed by atoms with Crippen LogP contribution in [0.15, 0.2) is 12.7 Å². The normalized spacial score (nSPS) is 20.1. The fourth-order valence-corrected chi connectivity index (χ4v) is 2.12. The van der Waals surface area contributed by atoms with Gasteiger partial charge in [-0.1, -0.05) is 6.08 Å². The smallest absolute Gasteiger partial charge is 0.223 e. The van der Waals surface area contributed by atoms with Crippen LogP contribution in [0, 0.1) is 0 Å². The zero-order valence-electron chi connectivity index (χ0n) is 10.5. The van der Waals surface area contributed by atoms with Crippen LogP contribution in [-0.4, -0.2) is 36.0 Å². The van der Waals surface area contributed by atoms with E-state index in [1.807, 2.05) is 11.0 Å². The van der Waals surface area contributed by atoms with Crippen LogP contribution in [0.4, 0.5) is 0 Å². The van der Waals surface area contributed by atoms with E-state index in [1.165, 1.54) is 12.8 Å². The molecular formula is C13H24N2O. The zero-order valence-corrected chi connectivity index (χ0v) is 10.5. The number of carbonyl (C=O) groups excluding carboxylic acids is 1. The number of rotatable bonds is 6. The van der Waals surface area contributed by atoms with Crippen molar-refractivity contribution in [2.24, 2.45) is 0 Å². The van der Waals surface area contributed by atoms with Gasteiger partial charge in [-0.3, -0.25) is 4.79 Å². The molecule has 1 aliphatic heterocycles. The summed E-state index contributed by atoms with van der Waals surface area (Å²) in [5.74, 6) is 0.253. The molecule has 0 saturated carbocycles. The van der Waals surface area contributed by atoms with Gasteiger partial charge in [0.05, 0.1) is 0 Å². The third kappa shape index (κ3) is 3.97. The summed E-state index contributed by atoms with van der Waals surface area (Å²) in [5, 5.41) is 3.44. The van der Waals surface area contributed by atoms with E-state index in [0.29, 0.717) is 18.5 Å². The molecule has 1 atom stereocenters. The lowest BCUT2D eigenvalue weighted by molar-refractivity contribution is -0.133. The Balaban J connectivity index is 2.45. The first-order chi connectivity index (χ1) is 7.65. The van der Waals surface area contributed by atoms with Crippen LogP contribution in [0.25, 0.3) is 0 Å². The summed E-state index contributed by atoms with van der Waals surface area (Å²) in [5.41, 5.74) is 0. The molecule has 3 heteroatoms. The maximum atomic E-state index is 12.0. The SMILES string of the molecule is C=CCCC(=O)N(CC1CCCN1)C(C)C. The molecule has 92 valence electrons. The Morgan fingerprint density at radius 3 is 2.88 bits per heavy atom. The number of nitrogens with zero attached hydrogens (tertiary/aromatic N) is 1. The van der Waals surface area contributed by atoms with Gasteiger partial charge < -0.3 is 10.2 Å². The maximum absolute atomic E-state index is 12.0. The summed E-state index contributed by atoms with van der Waals surface area (Å²) >= 11 is 0. The zero-order chi connectivity index (χ0) is 12.0. The van der Waals surface area contributed by atoms with E-state index in [-0.39, 0.29) is 5.91 Å². The van der Waals surface area contributed by atoms with E-state index in [0.717, 1.165) is 19.5 Å². The summed E-state index contributed by atoms with van der Waals surface area (Å²) in [7, 11) is 0. The van der Waals surface area contributed by atoms with Crippen LogP contribution in [0.1, 0.15) is 39.5 Å². The highest BCUT2D eigenvalue weighted by Gasteiger charge is 2.22. The molecule has 1 saturated heterocycles. The van der Waals surface area contributed by atoms with Gasteiger partial charge in [-0.15, -0.1) is 6.58 Å². The van der Waals surface area contributed by atoms with Crippen molar-refractivity contribution in [3.8, 4) is 0 Å². The van der Waals surface area contributed by atoms with E-state index in [9.17, 15) is 4.79 Å². The molecular weight excluding hydrogens is 200 g/mol. The van der Waals surface area contributed by atoms with Crippen molar-refractivity contribution in [2.75, 3.05) is 13.1 Å². The van der Waals surface area contributed by atoms with Gasteiger partial charge in [0.15, 0.2) is 0 Å². The number of carbonyl (C=O) groups is 1. The third-order valence-electron chi connectivity index (χ3n) is 3.09. The number of allylic oxidation sites excluding steroid dienone is 1. The van der Waals surface area contributed by atoms with Crippen molar-refractivity contribution in [1.82, 2.24) is 10.2 Å². The lowest BCUT2D eigenvalue weighted by Gasteiger charge is -2.29. The molecule has 1 fully saturated rings. The molecule has 0 aliphatic carbocycles. The monoisotopic (exact) mass is 224 g/mol. The van der Waals surface area contributed by atoms with Crippen LogP contribution in [-0.2, 0) is 4.79 Å². The van der Waals surface area contributed by atoms with Gasteiger partial charge in [-0.25, -0.2) is 0 Å². The Bertz CT molecular complexity index is 232. The molecule has 1 N–H and O–H groups in total. The highest BCUT2D eigenvalue weighted by Crippen LogP contribution is 2.11. The number of hydrogen-bond donors (Lipinski definition) is 1. The summed E-state index contributed by atoms with van der Waals surface area (Å²) in [6, 6.07) is 0.787. The predicted molar refractivity (Wildman–Crippen MR) is 67.3 cm³/mol. The largest absolute Gasteiger partial charge is 0.339 e. The van der Waals surface area contributed by atoms with E-state index in [4.69, 9.17) is 0 Å². The molecule has 0 aromatic carbocycles. The minimum atomic E-state index is 0.253. The van der Waals surface area contributed by atoms with Crippen molar-refractivity contribution in [2.45, 2.75) is 51.6 Å². The van der Waals surface area contributed by atoms with Gasteiger partial charge in [-0.2, -0.15) is 0 Å². The fourth-order valence-electron chi connectivity index (χ4n) is 2.12. The van der Waals surface area contributed by atoms with Crippen LogP contribution in [0.2, 0.25) is 0 Å². The minimum Gasteiger partial charge on any atom is -0.339 e. The molecule has 3 nitrogen and oxygen atoms in total. The van der Waals surface area contributed by atoms with E-state index in [1.54, 1.807) is 0 Å². The molecule has 1 aliphatic rings. The third-order valence-corrected chi connectivity index (χ3v) is 3.09. The summed E-state index contributed by atoms with van der Waals surface area (Å²) in [6.45, 7) is 9.77. The second-order valence-corrected chi connectivity index (χ2v) is 4.76. The molecule has 0 bridgehead atoms. The van der Waals surface area contributed by atoms with Crippen molar-refractivity contribution in [1.29, 1.82) is 0 Å². The van der Waals surface area contributed by atoms with E-state index in [2.05, 4.69) is 25.7 Å². The van der Waals surface area contributed by atoms with Crippen molar-refractivity contribution < 1.29 is 4.79 Å². The molecule has 0 aromatic heterocycles. The minimum absolute atomic E-state index is 0.253. The summed E-state index contributed by atoms with van der Waals surface area (Å²) in [4.78, 5) is 14.0. The highest BCUT2D eigenvalue weighted by molar-refractivity contribution is 5.76. The van der Waals surface area contributed by atoms with E-state index >= 15 is 0 Å². The second-order valence-electron chi connectivity index (χ2n) is 4.76. The summed E-state index contributed by atoms with van der Waals surface area (Å²) < 4.78 is 0. The number of amides is 1. The van der Waals surface area contributed by atoms with Gasteiger partial charge in [0.1, 0.15) is 0 Å². The van der Waals surface area contributed by atoms with Gasteiger partial charge in [-0.05, 0) is 39.7 Å². The standard InChI is InChI=1S/C13H24N2O/c1-4-5-8-13(16)15(11(2)3)10-12-7-6-9-14-12/h4,11-12,14H,1,5-10H2,2-3H3. The Morgan fingerprint density at radius 2 is 2.38 bits per heavy atom. The summed E-state index contributed by atoms with van der Waals surface area (Å²) in [6.07, 6.45) is 5.61. The Kier molecular flexibility index (Phi) is 5.53. The van der Waals surface area contributed by atoms with Crippen LogP contribution in [0.5, 0.6) is 0 Å². The van der Waals surface area contributed by atoms with Crippen LogP contribution < -0.4 is 5.32 Å². The second kappa shape index (κ2) is 6.69. The lowest BCUT2D eigenvalue weighted by Crippen LogP contribution is -2.44. The van der Waals surface area contributed by atoms with Gasteiger partial charge in [0.2, 0.25) is 5.91 Å².